The molecule has 0 fully saturated rings. The molecule has 19 heavy (non-hydrogen) atoms. The molecule has 0 aromatic heterocycles. The van der Waals surface area contributed by atoms with Crippen molar-refractivity contribution < 1.29 is 14.3 Å². The molecular weight excluding hydrogens is 266 g/mol. The lowest BCUT2D eigenvalue weighted by molar-refractivity contribution is -0.128. The molecule has 0 N–H and O–H groups in total. The monoisotopic (exact) mass is 281 g/mol. The van der Waals surface area contributed by atoms with Crippen LogP contribution in [0.5, 0.6) is 11.5 Å². The fourth-order valence-electron chi connectivity index (χ4n) is 2.81. The molecule has 4 nitrogen and oxygen atoms in total. The van der Waals surface area contributed by atoms with Crippen molar-refractivity contribution >= 4 is 17.5 Å². The van der Waals surface area contributed by atoms with Crippen molar-refractivity contribution in [2.75, 3.05) is 19.9 Å². The van der Waals surface area contributed by atoms with Crippen molar-refractivity contribution in [1.29, 1.82) is 0 Å². The van der Waals surface area contributed by atoms with Gasteiger partial charge in [-0.2, -0.15) is 0 Å². The number of carbonyl (C=O) groups excluding carboxylic acids is 1. The van der Waals surface area contributed by atoms with Crippen LogP contribution in [0.15, 0.2) is 6.07 Å². The van der Waals surface area contributed by atoms with Gasteiger partial charge in [-0.1, -0.05) is 0 Å². The molecular formula is C14H16ClNO3. The van der Waals surface area contributed by atoms with Gasteiger partial charge >= 0.3 is 0 Å². The Hall–Kier alpha value is -1.42. The van der Waals surface area contributed by atoms with Gasteiger partial charge in [0, 0.05) is 25.6 Å². The van der Waals surface area contributed by atoms with E-state index in [9.17, 15) is 4.79 Å². The van der Waals surface area contributed by atoms with Crippen molar-refractivity contribution in [3.05, 3.63) is 22.8 Å². The molecule has 0 bridgehead atoms. The number of nitrogens with zero attached hydrogens (tertiary/aromatic N) is 1. The molecule has 0 saturated heterocycles. The molecule has 1 aromatic carbocycles. The van der Waals surface area contributed by atoms with E-state index in [1.54, 1.807) is 6.92 Å². The molecule has 5 heteroatoms. The molecule has 1 aromatic rings. The van der Waals surface area contributed by atoms with E-state index in [1.807, 2.05) is 11.0 Å². The number of hydrogen-bond acceptors (Lipinski definition) is 3. The lowest BCUT2D eigenvalue weighted by Gasteiger charge is -2.17. The second-order valence-corrected chi connectivity index (χ2v) is 5.13. The highest BCUT2D eigenvalue weighted by atomic mass is 35.5. The minimum Gasteiger partial charge on any atom is -0.454 e. The molecule has 0 atom stereocenters. The van der Waals surface area contributed by atoms with E-state index in [4.69, 9.17) is 21.1 Å². The smallest absolute Gasteiger partial charge is 0.231 e. The van der Waals surface area contributed by atoms with Crippen LogP contribution in [0.1, 0.15) is 23.6 Å². The SMILES string of the molecule is CC(=O)N1CCc2cc3c(c(CCl)c2CC1)OCO3. The number of hydrogen-bond donors (Lipinski definition) is 0. The fraction of sp³-hybridized carbons (Fsp3) is 0.500. The molecule has 0 spiro atoms. The second-order valence-electron chi connectivity index (χ2n) is 4.87. The number of rotatable bonds is 1. The number of carbonyl (C=O) groups is 1. The maximum Gasteiger partial charge on any atom is 0.231 e. The Morgan fingerprint density at radius 2 is 2.16 bits per heavy atom. The molecule has 2 heterocycles. The van der Waals surface area contributed by atoms with Gasteiger partial charge in [0.25, 0.3) is 0 Å². The van der Waals surface area contributed by atoms with Gasteiger partial charge in [-0.15, -0.1) is 11.6 Å². The maximum absolute atomic E-state index is 11.5. The first kappa shape index (κ1) is 12.6. The van der Waals surface area contributed by atoms with Gasteiger partial charge in [-0.05, 0) is 30.0 Å². The third kappa shape index (κ3) is 2.14. The Labute approximate surface area is 117 Å². The molecule has 102 valence electrons. The summed E-state index contributed by atoms with van der Waals surface area (Å²) in [6.07, 6.45) is 1.67. The Bertz CT molecular complexity index is 530. The summed E-state index contributed by atoms with van der Waals surface area (Å²) in [4.78, 5) is 13.4. The van der Waals surface area contributed by atoms with Crippen molar-refractivity contribution in [1.82, 2.24) is 4.90 Å². The van der Waals surface area contributed by atoms with Crippen LogP contribution < -0.4 is 9.47 Å². The highest BCUT2D eigenvalue weighted by Gasteiger charge is 2.26. The third-order valence-electron chi connectivity index (χ3n) is 3.83. The van der Waals surface area contributed by atoms with Gasteiger partial charge in [0.15, 0.2) is 11.5 Å². The molecule has 0 saturated carbocycles. The highest BCUT2D eigenvalue weighted by Crippen LogP contribution is 2.41. The van der Waals surface area contributed by atoms with Crippen LogP contribution in [0.25, 0.3) is 0 Å². The summed E-state index contributed by atoms with van der Waals surface area (Å²) in [7, 11) is 0. The molecule has 1 amide bonds. The average molecular weight is 282 g/mol. The van der Waals surface area contributed by atoms with E-state index in [0.717, 1.165) is 43.0 Å². The van der Waals surface area contributed by atoms with Gasteiger partial charge in [0.2, 0.25) is 12.7 Å². The zero-order valence-corrected chi connectivity index (χ0v) is 11.6. The predicted molar refractivity (Wildman–Crippen MR) is 71.8 cm³/mol. The summed E-state index contributed by atoms with van der Waals surface area (Å²) in [5, 5.41) is 0. The first-order valence-corrected chi connectivity index (χ1v) is 6.99. The van der Waals surface area contributed by atoms with Crippen molar-refractivity contribution in [2.45, 2.75) is 25.6 Å². The number of alkyl halides is 1. The number of fused-ring (bicyclic) bond motifs is 2. The largest absolute Gasteiger partial charge is 0.454 e. The molecule has 3 rings (SSSR count). The second kappa shape index (κ2) is 4.93. The Morgan fingerprint density at radius 3 is 2.89 bits per heavy atom. The van der Waals surface area contributed by atoms with Crippen LogP contribution in [0.3, 0.4) is 0 Å². The van der Waals surface area contributed by atoms with Crippen LogP contribution in [0, 0.1) is 0 Å². The quantitative estimate of drug-likeness (QED) is 0.740. The molecule has 2 aliphatic heterocycles. The summed E-state index contributed by atoms with van der Waals surface area (Å²) in [5.74, 6) is 2.10. The standard InChI is InChI=1S/C14H16ClNO3/c1-9(17)16-4-2-10-6-13-14(19-8-18-13)12(7-15)11(10)3-5-16/h6H,2-5,7-8H2,1H3. The maximum atomic E-state index is 11.5. The van der Waals surface area contributed by atoms with E-state index in [-0.39, 0.29) is 12.7 Å². The van der Waals surface area contributed by atoms with E-state index in [1.165, 1.54) is 11.1 Å². The number of amides is 1. The molecule has 0 radical (unpaired) electrons. The molecule has 0 unspecified atom stereocenters. The van der Waals surface area contributed by atoms with Crippen LogP contribution in [0.4, 0.5) is 0 Å². The van der Waals surface area contributed by atoms with Crippen molar-refractivity contribution in [3.63, 3.8) is 0 Å². The predicted octanol–water partition coefficient (Wildman–Crippen LogP) is 2.10. The summed E-state index contributed by atoms with van der Waals surface area (Å²) < 4.78 is 11.0. The van der Waals surface area contributed by atoms with Crippen LogP contribution >= 0.6 is 11.6 Å². The zero-order chi connectivity index (χ0) is 13.4. The number of halogens is 1. The topological polar surface area (TPSA) is 38.8 Å². The minimum absolute atomic E-state index is 0.125. The molecule has 0 aliphatic carbocycles. The van der Waals surface area contributed by atoms with Gasteiger partial charge < -0.3 is 14.4 Å². The first-order chi connectivity index (χ1) is 9.20. The normalized spacial score (nSPS) is 17.1. The van der Waals surface area contributed by atoms with E-state index in [2.05, 4.69) is 0 Å². The lowest BCUT2D eigenvalue weighted by Crippen LogP contribution is -2.30. The van der Waals surface area contributed by atoms with Gasteiger partial charge in [0.05, 0.1) is 5.88 Å². The van der Waals surface area contributed by atoms with E-state index >= 15 is 0 Å². The average Bonchev–Trinajstić information content (AvgIpc) is 2.74. The van der Waals surface area contributed by atoms with Gasteiger partial charge in [0.1, 0.15) is 0 Å². The first-order valence-electron chi connectivity index (χ1n) is 6.45. The minimum atomic E-state index is 0.125. The third-order valence-corrected chi connectivity index (χ3v) is 4.10. The zero-order valence-electron chi connectivity index (χ0n) is 10.9. The summed E-state index contributed by atoms with van der Waals surface area (Å²) in [5.41, 5.74) is 3.48. The highest BCUT2D eigenvalue weighted by molar-refractivity contribution is 6.17. The van der Waals surface area contributed by atoms with Gasteiger partial charge in [-0.3, -0.25) is 4.79 Å². The van der Waals surface area contributed by atoms with Crippen molar-refractivity contribution in [3.8, 4) is 11.5 Å². The molecule has 2 aliphatic rings. The number of benzene rings is 1. The lowest BCUT2D eigenvalue weighted by atomic mass is 9.96. The summed E-state index contributed by atoms with van der Waals surface area (Å²) in [6, 6.07) is 2.04. The van der Waals surface area contributed by atoms with Crippen LogP contribution in [0.2, 0.25) is 0 Å². The van der Waals surface area contributed by atoms with Gasteiger partial charge in [-0.25, -0.2) is 0 Å². The van der Waals surface area contributed by atoms with Crippen LogP contribution in [-0.4, -0.2) is 30.7 Å². The summed E-state index contributed by atoms with van der Waals surface area (Å²) >= 11 is 6.08. The Morgan fingerprint density at radius 1 is 1.37 bits per heavy atom. The van der Waals surface area contributed by atoms with E-state index in [0.29, 0.717) is 5.88 Å². The number of ether oxygens (including phenoxy) is 2. The Balaban J connectivity index is 2.01. The summed E-state index contributed by atoms with van der Waals surface area (Å²) in [6.45, 7) is 3.38. The van der Waals surface area contributed by atoms with E-state index < -0.39 is 0 Å². The van der Waals surface area contributed by atoms with Crippen LogP contribution in [-0.2, 0) is 23.5 Å². The van der Waals surface area contributed by atoms with Crippen molar-refractivity contribution in [2.24, 2.45) is 0 Å². The fourth-order valence-corrected chi connectivity index (χ4v) is 3.10. The Kier molecular flexibility index (Phi) is 3.27.